The molecule has 10 N–H and O–H groups in total. The first-order chi connectivity index (χ1) is 42.2. The van der Waals surface area contributed by atoms with Gasteiger partial charge in [0.25, 0.3) is 40.5 Å². The highest BCUT2D eigenvalue weighted by Crippen LogP contribution is 2.49. The number of nitrogens with zero attached hydrogens (tertiary/aromatic N) is 8. The van der Waals surface area contributed by atoms with Crippen LogP contribution in [0.3, 0.4) is 0 Å². The van der Waals surface area contributed by atoms with Gasteiger partial charge in [-0.3, -0.25) is 18.2 Å². The molecule has 0 saturated heterocycles. The highest BCUT2D eigenvalue weighted by molar-refractivity contribution is 7.96. The van der Waals surface area contributed by atoms with Gasteiger partial charge < -0.3 is 30.9 Å². The van der Waals surface area contributed by atoms with Crippen molar-refractivity contribution in [3.63, 3.8) is 0 Å². The number of azo groups is 4. The quantitative estimate of drug-likeness (QED) is 0.0161. The fourth-order valence-electron chi connectivity index (χ4n) is 7.63. The standard InChI is InChI=1S/C44H33N9O20S6.3O3S/c1-72-24-6-4-22(5-7-24)46-53-40-36(78(67,68)69)18-27-28(42(40)56)16-23(17-33(27)75(58,59)60)47-52-39-35(77(64,65)66)15-21-3-11-31(43(57)37(21)38(39)45)50-51-32-13-8-25-26(44(32)79(70,71)73-74)9-12-30(41(25)55)49-48-29-10-2-20(19-54)14-34(29)76(61,62)63;3*1-4(2)3/h2-18,54-57,74H,19,45H2,1H3,(H,58,59,60)(H,61,62,63)(H,64,65,66)(H,67,68,69);;;. The van der Waals surface area contributed by atoms with E-state index >= 15 is 0 Å². The first-order valence-electron chi connectivity index (χ1n) is 22.7. The molecular formula is C44H33N9O29S9. The van der Waals surface area contributed by atoms with Crippen molar-refractivity contribution in [3.8, 4) is 23.0 Å². The Labute approximate surface area is 519 Å². The van der Waals surface area contributed by atoms with Crippen LogP contribution in [0.4, 0.5) is 51.2 Å². The molecule has 8 rings (SSSR count). The van der Waals surface area contributed by atoms with Crippen molar-refractivity contribution in [1.82, 2.24) is 0 Å². The van der Waals surface area contributed by atoms with Crippen LogP contribution in [0.15, 0.2) is 169 Å². The van der Waals surface area contributed by atoms with Crippen molar-refractivity contribution < 1.29 is 127 Å². The Balaban J connectivity index is 0.00000115. The number of fused-ring (bicyclic) bond motifs is 3. The van der Waals surface area contributed by atoms with Gasteiger partial charge >= 0.3 is 41.9 Å². The van der Waals surface area contributed by atoms with Gasteiger partial charge in [0.15, 0.2) is 17.2 Å². The molecular weight excluding hydrogens is 1410 g/mol. The third kappa shape index (κ3) is 18.2. The number of anilines is 1. The van der Waals surface area contributed by atoms with E-state index in [1.54, 1.807) is 0 Å². The Morgan fingerprint density at radius 2 is 0.912 bits per heavy atom. The summed E-state index contributed by atoms with van der Waals surface area (Å²) in [6, 6.07) is 18.4. The van der Waals surface area contributed by atoms with Crippen LogP contribution < -0.4 is 10.5 Å². The SMILES string of the molecule is COc1ccc(N=Nc2c(S(=O)(=O)O)cc3c(S(=O)(=O)O)cc(N=Nc4c(S(=O)(=O)O)cc5ccc(N=Nc6ccc7c(O)c(N=Nc8ccc(CO)cc8S(=O)(=O)O)ccc7c6S(=O)(=O)OS)c(O)c5c4N)cc3c2O)cc1.O=S(=O)=O.O=S(=O)=O.O=S(=O)=O. The van der Waals surface area contributed by atoms with Crippen LogP contribution >= 0.6 is 12.9 Å². The molecule has 0 aliphatic heterocycles. The molecule has 0 aliphatic rings. The maximum Gasteiger partial charge on any atom is 0.425 e. The number of hydrogen-bond donors (Lipinski definition) is 10. The lowest BCUT2D eigenvalue weighted by molar-refractivity contribution is 0.281. The van der Waals surface area contributed by atoms with Crippen LogP contribution in [0.5, 0.6) is 23.0 Å². The smallest absolute Gasteiger partial charge is 0.425 e. The van der Waals surface area contributed by atoms with Gasteiger partial charge in [-0.2, -0.15) is 55.9 Å². The number of nitrogens with two attached hydrogens (primary N) is 1. The third-order valence-corrected chi connectivity index (χ3v) is 16.5. The minimum Gasteiger partial charge on any atom is -0.505 e. The summed E-state index contributed by atoms with van der Waals surface area (Å²) in [7, 11) is -33.8. The van der Waals surface area contributed by atoms with E-state index in [2.05, 4.69) is 57.5 Å². The van der Waals surface area contributed by atoms with Crippen molar-refractivity contribution in [2.45, 2.75) is 31.1 Å². The number of rotatable bonds is 16. The van der Waals surface area contributed by atoms with Crippen LogP contribution in [-0.2, 0) is 92.7 Å². The minimum atomic E-state index is -5.40. The highest BCUT2D eigenvalue weighted by Gasteiger charge is 2.29. The molecule has 0 heterocycles. The lowest BCUT2D eigenvalue weighted by Gasteiger charge is -2.13. The monoisotopic (exact) mass is 1440 g/mol. The predicted octanol–water partition coefficient (Wildman–Crippen LogP) is 6.53. The van der Waals surface area contributed by atoms with Crippen LogP contribution in [0.1, 0.15) is 5.56 Å². The van der Waals surface area contributed by atoms with Gasteiger partial charge in [-0.1, -0.05) is 18.2 Å². The van der Waals surface area contributed by atoms with E-state index in [0.29, 0.717) is 17.9 Å². The number of nitrogen functional groups attached to an aromatic ring is 1. The predicted molar refractivity (Wildman–Crippen MR) is 309 cm³/mol. The summed E-state index contributed by atoms with van der Waals surface area (Å²) < 4.78 is 253. The molecule has 0 spiro atoms. The molecule has 0 fully saturated rings. The summed E-state index contributed by atoms with van der Waals surface area (Å²) in [5.41, 5.74) is 1.61. The number of aromatic hydroxyl groups is 3. The number of thiol groups is 1. The van der Waals surface area contributed by atoms with Crippen LogP contribution in [0, 0.1) is 0 Å². The van der Waals surface area contributed by atoms with Crippen LogP contribution in [0.2, 0.25) is 0 Å². The summed E-state index contributed by atoms with van der Waals surface area (Å²) in [6.45, 7) is -0.582. The van der Waals surface area contributed by atoms with Gasteiger partial charge in [-0.15, -0.1) is 68.6 Å². The van der Waals surface area contributed by atoms with E-state index in [9.17, 15) is 80.7 Å². The number of aliphatic hydroxyl groups is 1. The van der Waals surface area contributed by atoms with Crippen LogP contribution in [-0.4, -0.2) is 126 Å². The van der Waals surface area contributed by atoms with Crippen LogP contribution in [0.25, 0.3) is 32.3 Å². The summed E-state index contributed by atoms with van der Waals surface area (Å²) in [5, 5.41) is 71.9. The van der Waals surface area contributed by atoms with Gasteiger partial charge in [0.2, 0.25) is 0 Å². The molecule has 91 heavy (non-hydrogen) atoms. The number of benzene rings is 8. The lowest BCUT2D eigenvalue weighted by atomic mass is 10.1. The van der Waals surface area contributed by atoms with E-state index in [1.807, 2.05) is 0 Å². The molecule has 47 heteroatoms. The second-order valence-electron chi connectivity index (χ2n) is 16.7. The van der Waals surface area contributed by atoms with E-state index in [1.165, 1.54) is 37.4 Å². The molecule has 0 aromatic heterocycles. The van der Waals surface area contributed by atoms with E-state index < -0.39 is 187 Å². The molecule has 38 nitrogen and oxygen atoms in total. The summed E-state index contributed by atoms with van der Waals surface area (Å²) in [6.07, 6.45) is 0. The zero-order valence-corrected chi connectivity index (χ0v) is 51.5. The Hall–Kier alpha value is -9.34. The van der Waals surface area contributed by atoms with Crippen molar-refractivity contribution in [3.05, 3.63) is 109 Å². The number of ether oxygens (including phenoxy) is 1. The van der Waals surface area contributed by atoms with Gasteiger partial charge in [0, 0.05) is 21.5 Å². The molecule has 0 amide bonds. The number of hydrogen-bond acceptors (Lipinski definition) is 35. The average Bonchev–Trinajstić information content (AvgIpc) is 0.918. The number of phenolic OH excluding ortho intramolecular Hbond substituents is 3. The van der Waals surface area contributed by atoms with E-state index in [-0.39, 0.29) is 33.1 Å². The zero-order valence-electron chi connectivity index (χ0n) is 44.0. The van der Waals surface area contributed by atoms with Crippen molar-refractivity contribution >= 4 is 179 Å². The Morgan fingerprint density at radius 1 is 0.451 bits per heavy atom. The Kier molecular flexibility index (Phi) is 23.1. The normalized spacial score (nSPS) is 12.2. The minimum absolute atomic E-state index is 0.0777. The Morgan fingerprint density at radius 3 is 1.44 bits per heavy atom. The molecule has 0 aliphatic carbocycles. The topological polar surface area (TPSA) is 630 Å². The van der Waals surface area contributed by atoms with Crippen molar-refractivity contribution in [1.29, 1.82) is 0 Å². The zero-order chi connectivity index (χ0) is 68.5. The van der Waals surface area contributed by atoms with Gasteiger partial charge in [-0.25, -0.2) is 0 Å². The van der Waals surface area contributed by atoms with E-state index in [0.717, 1.165) is 60.7 Å². The third-order valence-electron chi connectivity index (χ3n) is 11.2. The first kappa shape index (κ1) is 72.4. The average molecular weight is 1440 g/mol. The van der Waals surface area contributed by atoms with Crippen molar-refractivity contribution in [2.75, 3.05) is 12.8 Å². The number of aliphatic hydroxyl groups excluding tert-OH is 1. The summed E-state index contributed by atoms with van der Waals surface area (Å²) in [5.74, 6) is -2.32. The van der Waals surface area contributed by atoms with Gasteiger partial charge in [-0.05, 0) is 109 Å². The molecule has 8 aromatic carbocycles. The summed E-state index contributed by atoms with van der Waals surface area (Å²) >= 11 is 3.46. The maximum atomic E-state index is 13.4. The molecule has 0 unspecified atom stereocenters. The summed E-state index contributed by atoms with van der Waals surface area (Å²) in [4.78, 5) is -4.83. The van der Waals surface area contributed by atoms with Gasteiger partial charge in [0.05, 0.1) is 36.2 Å². The highest BCUT2D eigenvalue weighted by atomic mass is 32.3. The molecule has 0 radical (unpaired) electrons. The molecule has 482 valence electrons. The first-order valence-corrected chi connectivity index (χ1v) is 33.2. The fourth-order valence-corrected chi connectivity index (χ4v) is 11.4. The van der Waals surface area contributed by atoms with E-state index in [4.69, 9.17) is 48.4 Å². The number of phenols is 3. The van der Waals surface area contributed by atoms with Gasteiger partial charge in [0.1, 0.15) is 64.4 Å². The largest absolute Gasteiger partial charge is 0.505 e. The number of methoxy groups -OCH3 is 1. The fraction of sp³-hybridized carbons (Fsp3) is 0.0455. The van der Waals surface area contributed by atoms with Crippen molar-refractivity contribution in [2.24, 2.45) is 40.9 Å². The second-order valence-corrected chi connectivity index (χ2v) is 25.4. The molecule has 0 atom stereocenters. The maximum absolute atomic E-state index is 13.4. The molecule has 0 bridgehead atoms. The molecule has 0 saturated carbocycles. The molecule has 8 aromatic rings. The lowest BCUT2D eigenvalue weighted by Crippen LogP contribution is -2.03. The Bertz CT molecular complexity index is 5310. The second kappa shape index (κ2) is 29.1.